The summed E-state index contributed by atoms with van der Waals surface area (Å²) in [4.78, 5) is 28.9. The molecule has 31 heavy (non-hydrogen) atoms. The van der Waals surface area contributed by atoms with Gasteiger partial charge in [0.05, 0.1) is 12.6 Å². The summed E-state index contributed by atoms with van der Waals surface area (Å²) in [5.74, 6) is 7.40. The van der Waals surface area contributed by atoms with E-state index in [-0.39, 0.29) is 24.1 Å². The zero-order valence-electron chi connectivity index (χ0n) is 18.4. The number of carbonyl (C=O) groups excluding carboxylic acids is 1. The van der Waals surface area contributed by atoms with E-state index in [4.69, 9.17) is 4.74 Å². The fraction of sp³-hybridized carbons (Fsp3) is 0.440. The van der Waals surface area contributed by atoms with E-state index in [1.807, 2.05) is 38.2 Å². The molecular weight excluding hydrogens is 390 g/mol. The lowest BCUT2D eigenvalue weighted by molar-refractivity contribution is -0.137. The summed E-state index contributed by atoms with van der Waals surface area (Å²) in [5, 5.41) is 0. The van der Waals surface area contributed by atoms with Crippen molar-refractivity contribution in [1.29, 1.82) is 0 Å². The number of carbonyl (C=O) groups is 1. The number of aryl methyl sites for hydroxylation is 1. The van der Waals surface area contributed by atoms with Crippen molar-refractivity contribution in [3.63, 3.8) is 0 Å². The molecule has 6 nitrogen and oxygen atoms in total. The zero-order valence-corrected chi connectivity index (χ0v) is 18.4. The molecule has 1 aromatic heterocycles. The summed E-state index contributed by atoms with van der Waals surface area (Å²) in [6.07, 6.45) is 2.44. The monoisotopic (exact) mass is 419 g/mol. The van der Waals surface area contributed by atoms with Crippen LogP contribution >= 0.6 is 0 Å². The normalized spacial score (nSPS) is 16.2. The molecule has 0 bridgehead atoms. The zero-order chi connectivity index (χ0) is 22.0. The lowest BCUT2D eigenvalue weighted by Gasteiger charge is -2.41. The van der Waals surface area contributed by atoms with E-state index in [0.29, 0.717) is 18.2 Å². The molecule has 1 saturated heterocycles. The van der Waals surface area contributed by atoms with Crippen molar-refractivity contribution >= 4 is 5.91 Å². The van der Waals surface area contributed by atoms with E-state index >= 15 is 0 Å². The van der Waals surface area contributed by atoms with Crippen LogP contribution in [0.1, 0.15) is 29.7 Å². The first kappa shape index (κ1) is 21.2. The molecule has 1 aliphatic heterocycles. The molecule has 6 heteroatoms. The topological polar surface area (TPSA) is 54.8 Å². The second-order valence-corrected chi connectivity index (χ2v) is 8.67. The number of rotatable bonds is 6. The molecule has 0 unspecified atom stereocenters. The molecule has 0 atom stereocenters. The highest BCUT2D eigenvalue weighted by atomic mass is 16.5. The molecule has 1 aromatic carbocycles. The van der Waals surface area contributed by atoms with Gasteiger partial charge in [-0.25, -0.2) is 0 Å². The van der Waals surface area contributed by atoms with Gasteiger partial charge < -0.3 is 19.1 Å². The van der Waals surface area contributed by atoms with Gasteiger partial charge in [-0.3, -0.25) is 9.59 Å². The molecule has 2 heterocycles. The fourth-order valence-corrected chi connectivity index (χ4v) is 3.64. The third-order valence-corrected chi connectivity index (χ3v) is 5.95. The number of aromatic nitrogens is 1. The van der Waals surface area contributed by atoms with Crippen molar-refractivity contribution in [2.24, 2.45) is 5.92 Å². The van der Waals surface area contributed by atoms with Crippen LogP contribution in [0, 0.1) is 24.7 Å². The van der Waals surface area contributed by atoms with Gasteiger partial charge >= 0.3 is 0 Å². The van der Waals surface area contributed by atoms with Crippen LogP contribution in [0.4, 0.5) is 0 Å². The number of ether oxygens (including phenoxy) is 1. The predicted molar refractivity (Wildman–Crippen MR) is 120 cm³/mol. The Balaban J connectivity index is 1.36. The van der Waals surface area contributed by atoms with Gasteiger partial charge in [-0.1, -0.05) is 24.0 Å². The van der Waals surface area contributed by atoms with E-state index < -0.39 is 0 Å². The van der Waals surface area contributed by atoms with E-state index in [0.717, 1.165) is 29.9 Å². The summed E-state index contributed by atoms with van der Waals surface area (Å²) in [6.45, 7) is 4.06. The maximum Gasteiger partial charge on any atom is 0.260 e. The summed E-state index contributed by atoms with van der Waals surface area (Å²) < 4.78 is 7.34. The summed E-state index contributed by atoms with van der Waals surface area (Å²) in [5.41, 5.74) is 2.69. The van der Waals surface area contributed by atoms with Crippen molar-refractivity contribution in [3.05, 3.63) is 63.6 Å². The number of likely N-dealkylation sites (N-methyl/N-ethyl adjacent to an activating group) is 2. The average Bonchev–Trinajstić information content (AvgIpc) is 3.55. The van der Waals surface area contributed by atoms with Gasteiger partial charge in [0.1, 0.15) is 5.75 Å². The Morgan fingerprint density at radius 2 is 1.90 bits per heavy atom. The van der Waals surface area contributed by atoms with E-state index in [1.54, 1.807) is 22.6 Å². The molecular formula is C25H29N3O3. The maximum atomic E-state index is 12.7. The van der Waals surface area contributed by atoms with Crippen molar-refractivity contribution in [1.82, 2.24) is 14.4 Å². The lowest BCUT2D eigenvalue weighted by Crippen LogP contribution is -2.58. The second kappa shape index (κ2) is 8.99. The SMILES string of the molecule is Cc1cc(OCC(=O)N(C)C2CN(C)C2)cc(=O)n1Cc1ccc(C#CC2CC2)cc1. The third-order valence-electron chi connectivity index (χ3n) is 5.95. The van der Waals surface area contributed by atoms with Crippen molar-refractivity contribution in [2.75, 3.05) is 33.8 Å². The lowest BCUT2D eigenvalue weighted by atomic mass is 10.1. The third kappa shape index (κ3) is 5.36. The number of hydrogen-bond acceptors (Lipinski definition) is 4. The van der Waals surface area contributed by atoms with Gasteiger partial charge in [0.15, 0.2) is 6.61 Å². The van der Waals surface area contributed by atoms with E-state index in [1.165, 1.54) is 18.9 Å². The minimum absolute atomic E-state index is 0.0665. The van der Waals surface area contributed by atoms with Crippen LogP contribution < -0.4 is 10.3 Å². The number of nitrogens with zero attached hydrogens (tertiary/aromatic N) is 3. The highest BCUT2D eigenvalue weighted by Crippen LogP contribution is 2.27. The second-order valence-electron chi connectivity index (χ2n) is 8.67. The molecule has 0 spiro atoms. The number of pyridine rings is 1. The summed E-state index contributed by atoms with van der Waals surface area (Å²) >= 11 is 0. The Kier molecular flexibility index (Phi) is 6.15. The number of hydrogen-bond donors (Lipinski definition) is 0. The molecule has 1 saturated carbocycles. The Labute approximate surface area is 183 Å². The first-order valence-electron chi connectivity index (χ1n) is 10.8. The Morgan fingerprint density at radius 1 is 1.19 bits per heavy atom. The molecule has 1 aliphatic carbocycles. The first-order valence-corrected chi connectivity index (χ1v) is 10.8. The fourth-order valence-electron chi connectivity index (χ4n) is 3.64. The molecule has 1 amide bonds. The Morgan fingerprint density at radius 3 is 2.52 bits per heavy atom. The summed E-state index contributed by atoms with van der Waals surface area (Å²) in [6, 6.07) is 11.5. The highest BCUT2D eigenvalue weighted by Gasteiger charge is 2.29. The molecule has 0 N–H and O–H groups in total. The van der Waals surface area contributed by atoms with Gasteiger partial charge in [-0.2, -0.15) is 0 Å². The molecule has 162 valence electrons. The maximum absolute atomic E-state index is 12.7. The van der Waals surface area contributed by atoms with Gasteiger partial charge in [0.25, 0.3) is 11.5 Å². The minimum atomic E-state index is -0.144. The van der Waals surface area contributed by atoms with Gasteiger partial charge in [0.2, 0.25) is 0 Å². The average molecular weight is 420 g/mol. The largest absolute Gasteiger partial charge is 0.484 e. The predicted octanol–water partition coefficient (Wildman–Crippen LogP) is 2.12. The number of amides is 1. The molecule has 4 rings (SSSR count). The Bertz CT molecular complexity index is 1070. The smallest absolute Gasteiger partial charge is 0.260 e. The van der Waals surface area contributed by atoms with Crippen LogP contribution in [0.25, 0.3) is 0 Å². The standard InChI is InChI=1S/C25H29N3O3/c1-18-12-23(31-17-25(30)27(3)22-15-26(2)16-22)13-24(29)28(18)14-21-10-8-20(9-11-21)7-6-19-4-5-19/h8-13,19,22H,4-5,14-17H2,1-3H3. The van der Waals surface area contributed by atoms with Crippen molar-refractivity contribution < 1.29 is 9.53 Å². The van der Waals surface area contributed by atoms with Crippen molar-refractivity contribution in [3.8, 4) is 17.6 Å². The van der Waals surface area contributed by atoms with Gasteiger partial charge in [-0.15, -0.1) is 0 Å². The van der Waals surface area contributed by atoms with Gasteiger partial charge in [0, 0.05) is 43.4 Å². The van der Waals surface area contributed by atoms with Crippen LogP contribution in [-0.2, 0) is 11.3 Å². The first-order chi connectivity index (χ1) is 14.9. The van der Waals surface area contributed by atoms with Crippen LogP contribution in [0.5, 0.6) is 5.75 Å². The van der Waals surface area contributed by atoms with E-state index in [2.05, 4.69) is 16.7 Å². The molecule has 0 radical (unpaired) electrons. The van der Waals surface area contributed by atoms with Crippen LogP contribution in [0.3, 0.4) is 0 Å². The number of likely N-dealkylation sites (tertiary alicyclic amines) is 1. The van der Waals surface area contributed by atoms with Crippen LogP contribution in [0.2, 0.25) is 0 Å². The van der Waals surface area contributed by atoms with Crippen LogP contribution in [-0.4, -0.2) is 60.1 Å². The highest BCUT2D eigenvalue weighted by molar-refractivity contribution is 5.78. The molecule has 2 aliphatic rings. The number of benzene rings is 1. The quantitative estimate of drug-likeness (QED) is 0.673. The van der Waals surface area contributed by atoms with E-state index in [9.17, 15) is 9.59 Å². The van der Waals surface area contributed by atoms with Gasteiger partial charge in [-0.05, 0) is 50.6 Å². The molecule has 2 aromatic rings. The summed E-state index contributed by atoms with van der Waals surface area (Å²) in [7, 11) is 3.83. The molecule has 2 fully saturated rings. The van der Waals surface area contributed by atoms with Crippen LogP contribution in [0.15, 0.2) is 41.2 Å². The Hall–Kier alpha value is -3.04. The van der Waals surface area contributed by atoms with Crippen molar-refractivity contribution in [2.45, 2.75) is 32.4 Å². The minimum Gasteiger partial charge on any atom is -0.484 e.